The Morgan fingerprint density at radius 1 is 1.02 bits per heavy atom. The standard InChI is InChI=1S/C31H31F3N4O2/c1-40-26-12-10-23(11-13-26)30(36-19-20-8-9-20)24-6-2-4-21(14-24)16-28(39)27-17-29(31(32,33)34)37-38(27)25-7-3-5-22(15-25)18-35/h2-7,10-15,17,20,30,36H,8-9,16,18-19,35H2,1H3. The zero-order valence-corrected chi connectivity index (χ0v) is 22.1. The number of halogens is 3. The second-order valence-electron chi connectivity index (χ2n) is 10.1. The van der Waals surface area contributed by atoms with Gasteiger partial charge in [-0.05, 0) is 71.8 Å². The van der Waals surface area contributed by atoms with Crippen LogP contribution >= 0.6 is 0 Å². The van der Waals surface area contributed by atoms with Crippen molar-refractivity contribution < 1.29 is 22.7 Å². The van der Waals surface area contributed by atoms with Crippen LogP contribution in [0, 0.1) is 5.92 Å². The molecule has 4 aromatic rings. The van der Waals surface area contributed by atoms with Gasteiger partial charge in [0, 0.05) is 19.0 Å². The van der Waals surface area contributed by atoms with E-state index in [2.05, 4.69) is 10.4 Å². The predicted molar refractivity (Wildman–Crippen MR) is 146 cm³/mol. The molecule has 5 rings (SSSR count). The number of nitrogens with one attached hydrogen (secondary N) is 1. The fourth-order valence-electron chi connectivity index (χ4n) is 4.72. The number of alkyl halides is 3. The molecule has 0 saturated heterocycles. The summed E-state index contributed by atoms with van der Waals surface area (Å²) in [6.45, 7) is 1.09. The van der Waals surface area contributed by atoms with Crippen molar-refractivity contribution in [3.63, 3.8) is 0 Å². The Bertz CT molecular complexity index is 1480. The highest BCUT2D eigenvalue weighted by Gasteiger charge is 2.36. The van der Waals surface area contributed by atoms with Crippen LogP contribution in [0.5, 0.6) is 5.75 Å². The molecule has 1 aromatic heterocycles. The number of hydrogen-bond acceptors (Lipinski definition) is 5. The van der Waals surface area contributed by atoms with E-state index in [0.29, 0.717) is 17.2 Å². The maximum Gasteiger partial charge on any atom is 0.435 e. The minimum Gasteiger partial charge on any atom is -0.497 e. The summed E-state index contributed by atoms with van der Waals surface area (Å²) in [7, 11) is 1.62. The molecule has 1 aliphatic rings. The molecule has 208 valence electrons. The van der Waals surface area contributed by atoms with Gasteiger partial charge in [-0.1, -0.05) is 48.5 Å². The lowest BCUT2D eigenvalue weighted by molar-refractivity contribution is -0.141. The fraction of sp³-hybridized carbons (Fsp3) is 0.290. The maximum atomic E-state index is 13.6. The van der Waals surface area contributed by atoms with Crippen LogP contribution in [0.2, 0.25) is 0 Å². The number of carbonyl (C=O) groups is 1. The van der Waals surface area contributed by atoms with Crippen molar-refractivity contribution in [2.45, 2.75) is 38.0 Å². The minimum absolute atomic E-state index is 0.0780. The lowest BCUT2D eigenvalue weighted by atomic mass is 9.95. The molecule has 3 aromatic carbocycles. The molecule has 0 aliphatic heterocycles. The van der Waals surface area contributed by atoms with Crippen molar-refractivity contribution in [1.82, 2.24) is 15.1 Å². The van der Waals surface area contributed by atoms with E-state index >= 15 is 0 Å². The zero-order valence-electron chi connectivity index (χ0n) is 22.1. The first kappa shape index (κ1) is 27.6. The summed E-state index contributed by atoms with van der Waals surface area (Å²) < 4.78 is 47.1. The highest BCUT2D eigenvalue weighted by atomic mass is 19.4. The summed E-state index contributed by atoms with van der Waals surface area (Å²) in [5.41, 5.74) is 8.25. The van der Waals surface area contributed by atoms with Crippen LogP contribution in [0.4, 0.5) is 13.2 Å². The third kappa shape index (κ3) is 6.43. The first-order valence-corrected chi connectivity index (χ1v) is 13.2. The molecule has 0 radical (unpaired) electrons. The Hall–Kier alpha value is -3.95. The average molecular weight is 549 g/mol. The summed E-state index contributed by atoms with van der Waals surface area (Å²) in [6.07, 6.45) is -2.35. The molecule has 0 bridgehead atoms. The molecule has 6 nitrogen and oxygen atoms in total. The predicted octanol–water partition coefficient (Wildman–Crippen LogP) is 5.87. The Balaban J connectivity index is 1.44. The zero-order chi connectivity index (χ0) is 28.3. The Morgan fingerprint density at radius 2 is 1.75 bits per heavy atom. The van der Waals surface area contributed by atoms with Gasteiger partial charge in [0.2, 0.25) is 0 Å². The number of ether oxygens (including phenoxy) is 1. The summed E-state index contributed by atoms with van der Waals surface area (Å²) in [5, 5.41) is 7.40. The Kier molecular flexibility index (Phi) is 8.04. The summed E-state index contributed by atoms with van der Waals surface area (Å²) in [4.78, 5) is 13.5. The number of nitrogens with zero attached hydrogens (tertiary/aromatic N) is 2. The largest absolute Gasteiger partial charge is 0.497 e. The van der Waals surface area contributed by atoms with Crippen molar-refractivity contribution >= 4 is 5.78 Å². The van der Waals surface area contributed by atoms with E-state index in [1.807, 2.05) is 48.5 Å². The summed E-state index contributed by atoms with van der Waals surface area (Å²) >= 11 is 0. The van der Waals surface area contributed by atoms with Crippen LogP contribution in [0.3, 0.4) is 0 Å². The molecule has 0 spiro atoms. The molecule has 1 saturated carbocycles. The molecule has 9 heteroatoms. The van der Waals surface area contributed by atoms with E-state index in [4.69, 9.17) is 10.5 Å². The van der Waals surface area contributed by atoms with Gasteiger partial charge in [0.05, 0.1) is 18.8 Å². The van der Waals surface area contributed by atoms with Crippen molar-refractivity contribution in [3.8, 4) is 11.4 Å². The average Bonchev–Trinajstić information content (AvgIpc) is 3.67. The van der Waals surface area contributed by atoms with Gasteiger partial charge in [-0.25, -0.2) is 4.68 Å². The summed E-state index contributed by atoms with van der Waals surface area (Å²) in [5.74, 6) is 0.951. The minimum atomic E-state index is -4.69. The maximum absolute atomic E-state index is 13.6. The van der Waals surface area contributed by atoms with Crippen LogP contribution in [-0.4, -0.2) is 29.2 Å². The second-order valence-corrected chi connectivity index (χ2v) is 10.1. The van der Waals surface area contributed by atoms with Gasteiger partial charge in [-0.2, -0.15) is 18.3 Å². The molecular weight excluding hydrogens is 517 g/mol. The molecule has 1 aliphatic carbocycles. The van der Waals surface area contributed by atoms with E-state index in [-0.39, 0.29) is 24.7 Å². The number of benzene rings is 3. The van der Waals surface area contributed by atoms with Gasteiger partial charge in [-0.3, -0.25) is 4.79 Å². The Morgan fingerprint density at radius 3 is 2.42 bits per heavy atom. The SMILES string of the molecule is COc1ccc(C(NCC2CC2)c2cccc(CC(=O)c3cc(C(F)(F)F)nn3-c3cccc(CN)c3)c2)cc1. The van der Waals surface area contributed by atoms with Crippen molar-refractivity contribution in [2.75, 3.05) is 13.7 Å². The first-order valence-electron chi connectivity index (χ1n) is 13.2. The molecular formula is C31H31F3N4O2. The molecule has 1 fully saturated rings. The van der Waals surface area contributed by atoms with Crippen molar-refractivity contribution in [1.29, 1.82) is 0 Å². The molecule has 0 amide bonds. The molecule has 1 unspecified atom stereocenters. The number of rotatable bonds is 11. The van der Waals surface area contributed by atoms with Crippen LogP contribution in [0.25, 0.3) is 5.69 Å². The quantitative estimate of drug-likeness (QED) is 0.229. The van der Waals surface area contributed by atoms with Gasteiger partial charge in [0.15, 0.2) is 11.5 Å². The van der Waals surface area contributed by atoms with Crippen LogP contribution in [0.15, 0.2) is 78.9 Å². The highest BCUT2D eigenvalue weighted by molar-refractivity contribution is 5.96. The van der Waals surface area contributed by atoms with Gasteiger partial charge >= 0.3 is 6.18 Å². The smallest absolute Gasteiger partial charge is 0.435 e. The van der Waals surface area contributed by atoms with E-state index in [1.54, 1.807) is 31.4 Å². The highest BCUT2D eigenvalue weighted by Crippen LogP contribution is 2.32. The monoisotopic (exact) mass is 548 g/mol. The lowest BCUT2D eigenvalue weighted by Gasteiger charge is -2.21. The van der Waals surface area contributed by atoms with Crippen molar-refractivity contribution in [2.24, 2.45) is 11.7 Å². The van der Waals surface area contributed by atoms with E-state index in [1.165, 1.54) is 12.8 Å². The number of carbonyl (C=O) groups excluding carboxylic acids is 1. The number of ketones is 1. The van der Waals surface area contributed by atoms with Crippen LogP contribution in [0.1, 0.15) is 57.3 Å². The molecule has 1 atom stereocenters. The second kappa shape index (κ2) is 11.7. The molecule has 40 heavy (non-hydrogen) atoms. The molecule has 1 heterocycles. The van der Waals surface area contributed by atoms with Gasteiger partial charge in [0.1, 0.15) is 11.4 Å². The third-order valence-electron chi connectivity index (χ3n) is 7.08. The summed E-state index contributed by atoms with van der Waals surface area (Å²) in [6, 6.07) is 22.8. The van der Waals surface area contributed by atoms with Gasteiger partial charge in [0.25, 0.3) is 0 Å². The van der Waals surface area contributed by atoms with Gasteiger partial charge in [-0.15, -0.1) is 0 Å². The van der Waals surface area contributed by atoms with Crippen molar-refractivity contribution in [3.05, 3.63) is 113 Å². The number of nitrogens with two attached hydrogens (primary N) is 1. The normalized spacial score (nSPS) is 14.2. The topological polar surface area (TPSA) is 82.2 Å². The van der Waals surface area contributed by atoms with E-state index in [0.717, 1.165) is 39.7 Å². The lowest BCUT2D eigenvalue weighted by Crippen LogP contribution is -2.24. The number of hydrogen-bond donors (Lipinski definition) is 2. The Labute approximate surface area is 231 Å². The van der Waals surface area contributed by atoms with E-state index < -0.39 is 17.7 Å². The number of Topliss-reactive ketones (excluding diaryl/α,β-unsaturated/α-hetero) is 1. The first-order chi connectivity index (χ1) is 19.2. The number of methoxy groups -OCH3 is 1. The fourth-order valence-corrected chi connectivity index (χ4v) is 4.72. The number of aromatic nitrogens is 2. The van der Waals surface area contributed by atoms with Crippen LogP contribution < -0.4 is 15.8 Å². The van der Waals surface area contributed by atoms with E-state index in [9.17, 15) is 18.0 Å². The van der Waals surface area contributed by atoms with Gasteiger partial charge < -0.3 is 15.8 Å². The molecule has 3 N–H and O–H groups in total. The third-order valence-corrected chi connectivity index (χ3v) is 7.08. The van der Waals surface area contributed by atoms with Crippen LogP contribution in [-0.2, 0) is 19.1 Å².